The van der Waals surface area contributed by atoms with Gasteiger partial charge in [0.2, 0.25) is 5.91 Å². The van der Waals surface area contributed by atoms with Crippen LogP contribution in [-0.4, -0.2) is 46.8 Å². The summed E-state index contributed by atoms with van der Waals surface area (Å²) < 4.78 is 5.37. The molecule has 0 aliphatic carbocycles. The van der Waals surface area contributed by atoms with Gasteiger partial charge in [-0.15, -0.1) is 11.3 Å². The van der Waals surface area contributed by atoms with Crippen molar-refractivity contribution < 1.29 is 14.0 Å². The van der Waals surface area contributed by atoms with Crippen LogP contribution in [0.1, 0.15) is 27.9 Å². The lowest BCUT2D eigenvalue weighted by molar-refractivity contribution is -0.130. The van der Waals surface area contributed by atoms with Crippen molar-refractivity contribution in [3.8, 4) is 11.6 Å². The van der Waals surface area contributed by atoms with Gasteiger partial charge in [-0.2, -0.15) is 0 Å². The number of thiophene rings is 1. The highest BCUT2D eigenvalue weighted by Crippen LogP contribution is 2.33. The number of amides is 2. The zero-order chi connectivity index (χ0) is 19.0. The van der Waals surface area contributed by atoms with Gasteiger partial charge in [-0.3, -0.25) is 9.59 Å². The molecule has 0 spiro atoms. The smallest absolute Gasteiger partial charge is 0.262 e. The fraction of sp³-hybridized carbons (Fsp3) is 0.333. The van der Waals surface area contributed by atoms with Crippen molar-refractivity contribution in [1.29, 1.82) is 0 Å². The number of aryl methyl sites for hydroxylation is 2. The number of hydrogen-bond donors (Lipinski definition) is 1. The summed E-state index contributed by atoms with van der Waals surface area (Å²) >= 11 is 1.29. The molecule has 0 aliphatic rings. The Balaban J connectivity index is 1.97. The molecule has 3 aromatic heterocycles. The van der Waals surface area contributed by atoms with Crippen LogP contribution in [0.2, 0.25) is 0 Å². The number of rotatable bonds is 4. The maximum absolute atomic E-state index is 12.7. The van der Waals surface area contributed by atoms with E-state index >= 15 is 0 Å². The first-order valence-electron chi connectivity index (χ1n) is 8.13. The Labute approximate surface area is 155 Å². The standard InChI is InChI=1S/C18H20N4O3S/c1-9-13-10(2)19-15(12-7-6-8-25-12)21-17(13)26-14(9)16(23)20-11(3)18(24)22(4)5/h6-8,11H,1-5H3,(H,20,23)/t11-/m1/s1. The SMILES string of the molecule is Cc1nc(-c2ccco2)nc2sc(C(=O)N[C@H](C)C(=O)N(C)C)c(C)c12. The summed E-state index contributed by atoms with van der Waals surface area (Å²) in [6.45, 7) is 5.42. The van der Waals surface area contributed by atoms with E-state index in [9.17, 15) is 9.59 Å². The van der Waals surface area contributed by atoms with Gasteiger partial charge in [-0.05, 0) is 38.5 Å². The van der Waals surface area contributed by atoms with Gasteiger partial charge in [-0.25, -0.2) is 9.97 Å². The molecule has 3 aromatic rings. The van der Waals surface area contributed by atoms with Crippen molar-refractivity contribution in [3.05, 3.63) is 34.5 Å². The van der Waals surface area contributed by atoms with Crippen molar-refractivity contribution in [2.75, 3.05) is 14.1 Å². The molecule has 3 rings (SSSR count). The minimum absolute atomic E-state index is 0.159. The highest BCUT2D eigenvalue weighted by atomic mass is 32.1. The summed E-state index contributed by atoms with van der Waals surface area (Å²) in [5.74, 6) is 0.627. The van der Waals surface area contributed by atoms with Crippen molar-refractivity contribution in [3.63, 3.8) is 0 Å². The summed E-state index contributed by atoms with van der Waals surface area (Å²) in [5, 5.41) is 3.62. The van der Waals surface area contributed by atoms with Gasteiger partial charge < -0.3 is 14.6 Å². The zero-order valence-corrected chi connectivity index (χ0v) is 16.1. The Morgan fingerprint density at radius 3 is 2.62 bits per heavy atom. The Hall–Kier alpha value is -2.74. The second-order valence-electron chi connectivity index (χ2n) is 6.27. The molecule has 0 radical (unpaired) electrons. The third-order valence-corrected chi connectivity index (χ3v) is 5.26. The minimum atomic E-state index is -0.604. The molecule has 0 unspecified atom stereocenters. The third kappa shape index (κ3) is 3.20. The van der Waals surface area contributed by atoms with Crippen molar-refractivity contribution in [2.45, 2.75) is 26.8 Å². The highest BCUT2D eigenvalue weighted by molar-refractivity contribution is 7.20. The van der Waals surface area contributed by atoms with Gasteiger partial charge in [0.05, 0.1) is 16.8 Å². The molecule has 0 aromatic carbocycles. The normalized spacial score (nSPS) is 12.2. The van der Waals surface area contributed by atoms with E-state index in [1.165, 1.54) is 16.2 Å². The van der Waals surface area contributed by atoms with E-state index in [4.69, 9.17) is 4.42 Å². The molecule has 7 nitrogen and oxygen atoms in total. The van der Waals surface area contributed by atoms with Crippen LogP contribution in [0, 0.1) is 13.8 Å². The number of carbonyl (C=O) groups is 2. The Morgan fingerprint density at radius 2 is 2.00 bits per heavy atom. The van der Waals surface area contributed by atoms with Crippen molar-refractivity contribution in [1.82, 2.24) is 20.2 Å². The second-order valence-corrected chi connectivity index (χ2v) is 7.27. The molecule has 2 amide bonds. The zero-order valence-electron chi connectivity index (χ0n) is 15.3. The van der Waals surface area contributed by atoms with Gasteiger partial charge in [0.1, 0.15) is 10.9 Å². The fourth-order valence-electron chi connectivity index (χ4n) is 2.78. The lowest BCUT2D eigenvalue weighted by Crippen LogP contribution is -2.44. The van der Waals surface area contributed by atoms with Crippen molar-refractivity contribution in [2.24, 2.45) is 0 Å². The number of fused-ring (bicyclic) bond motifs is 1. The van der Waals surface area contributed by atoms with E-state index in [1.807, 2.05) is 13.8 Å². The number of furan rings is 1. The van der Waals surface area contributed by atoms with Crippen LogP contribution >= 0.6 is 11.3 Å². The summed E-state index contributed by atoms with van der Waals surface area (Å²) in [5.41, 5.74) is 1.60. The van der Waals surface area contributed by atoms with E-state index in [0.717, 1.165) is 21.5 Å². The lowest BCUT2D eigenvalue weighted by atomic mass is 10.1. The minimum Gasteiger partial charge on any atom is -0.461 e. The Morgan fingerprint density at radius 1 is 1.27 bits per heavy atom. The van der Waals surface area contributed by atoms with E-state index in [0.29, 0.717) is 16.5 Å². The van der Waals surface area contributed by atoms with E-state index in [2.05, 4.69) is 15.3 Å². The Kier molecular flexibility index (Phi) is 4.78. The molecule has 8 heteroatoms. The molecule has 0 fully saturated rings. The first-order chi connectivity index (χ1) is 12.3. The molecule has 26 heavy (non-hydrogen) atoms. The molecular formula is C18H20N4O3S. The van der Waals surface area contributed by atoms with Crippen LogP contribution in [0.5, 0.6) is 0 Å². The first-order valence-corrected chi connectivity index (χ1v) is 8.95. The summed E-state index contributed by atoms with van der Waals surface area (Å²) in [7, 11) is 3.32. The molecule has 3 heterocycles. The average Bonchev–Trinajstić information content (AvgIpc) is 3.22. The fourth-order valence-corrected chi connectivity index (χ4v) is 3.92. The second kappa shape index (κ2) is 6.87. The largest absolute Gasteiger partial charge is 0.461 e. The predicted molar refractivity (Wildman–Crippen MR) is 100 cm³/mol. The highest BCUT2D eigenvalue weighted by Gasteiger charge is 2.23. The van der Waals surface area contributed by atoms with Gasteiger partial charge in [0.15, 0.2) is 11.6 Å². The number of nitrogens with zero attached hydrogens (tertiary/aromatic N) is 3. The quantitative estimate of drug-likeness (QED) is 0.761. The number of carbonyl (C=O) groups excluding carboxylic acids is 2. The summed E-state index contributed by atoms with van der Waals surface area (Å²) in [4.78, 5) is 36.4. The van der Waals surface area contributed by atoms with Gasteiger partial charge in [-0.1, -0.05) is 0 Å². The number of hydrogen-bond acceptors (Lipinski definition) is 6. The molecule has 0 bridgehead atoms. The predicted octanol–water partition coefficient (Wildman–Crippen LogP) is 2.77. The first kappa shape index (κ1) is 18.1. The molecule has 1 N–H and O–H groups in total. The average molecular weight is 372 g/mol. The monoisotopic (exact) mass is 372 g/mol. The van der Waals surface area contributed by atoms with Crippen LogP contribution < -0.4 is 5.32 Å². The van der Waals surface area contributed by atoms with Crippen LogP contribution in [0.15, 0.2) is 22.8 Å². The maximum atomic E-state index is 12.7. The summed E-state index contributed by atoms with van der Waals surface area (Å²) in [6.07, 6.45) is 1.57. The lowest BCUT2D eigenvalue weighted by Gasteiger charge is -2.17. The molecular weight excluding hydrogens is 352 g/mol. The topological polar surface area (TPSA) is 88.3 Å². The van der Waals surface area contributed by atoms with Crippen LogP contribution in [-0.2, 0) is 4.79 Å². The van der Waals surface area contributed by atoms with E-state index < -0.39 is 6.04 Å². The van der Waals surface area contributed by atoms with Gasteiger partial charge >= 0.3 is 0 Å². The molecule has 1 atom stereocenters. The van der Waals surface area contributed by atoms with E-state index in [-0.39, 0.29) is 11.8 Å². The molecule has 136 valence electrons. The Bertz CT molecular complexity index is 976. The van der Waals surface area contributed by atoms with Crippen LogP contribution in [0.25, 0.3) is 21.8 Å². The maximum Gasteiger partial charge on any atom is 0.262 e. The molecule has 0 saturated heterocycles. The van der Waals surface area contributed by atoms with Gasteiger partial charge in [0.25, 0.3) is 5.91 Å². The summed E-state index contributed by atoms with van der Waals surface area (Å²) in [6, 6.07) is 2.97. The number of aromatic nitrogens is 2. The number of likely N-dealkylation sites (N-methyl/N-ethyl adjacent to an activating group) is 1. The van der Waals surface area contributed by atoms with E-state index in [1.54, 1.807) is 39.4 Å². The van der Waals surface area contributed by atoms with Crippen LogP contribution in [0.4, 0.5) is 0 Å². The molecule has 0 aliphatic heterocycles. The van der Waals surface area contributed by atoms with Gasteiger partial charge in [0, 0.05) is 19.5 Å². The van der Waals surface area contributed by atoms with Crippen molar-refractivity contribution >= 4 is 33.4 Å². The third-order valence-electron chi connectivity index (χ3n) is 4.08. The molecule has 0 saturated carbocycles. The van der Waals surface area contributed by atoms with Crippen LogP contribution in [0.3, 0.4) is 0 Å². The number of nitrogens with one attached hydrogen (secondary N) is 1.